The number of aromatic hydroxyl groups is 1. The number of rotatable bonds is 10. The maximum atomic E-state index is 13.1. The lowest BCUT2D eigenvalue weighted by molar-refractivity contribution is -0.260. The largest absolute Gasteiger partial charge is 0.508 e. The first-order valence-corrected chi connectivity index (χ1v) is 8.88. The minimum Gasteiger partial charge on any atom is -0.508 e. The van der Waals surface area contributed by atoms with Crippen LogP contribution in [0.5, 0.6) is 5.75 Å². The molecular formula is C20H24O11. The van der Waals surface area contributed by atoms with E-state index in [0.29, 0.717) is 27.7 Å². The first-order chi connectivity index (χ1) is 14.0. The quantitative estimate of drug-likeness (QED) is 0.171. The Morgan fingerprint density at radius 1 is 0.710 bits per heavy atom. The van der Waals surface area contributed by atoms with E-state index in [9.17, 15) is 54.6 Å². The Bertz CT molecular complexity index is 937. The average molecular weight is 440 g/mol. The zero-order chi connectivity index (χ0) is 24.6. The summed E-state index contributed by atoms with van der Waals surface area (Å²) in [5.74, 6) is -8.63. The molecule has 170 valence electrons. The van der Waals surface area contributed by atoms with Crippen LogP contribution in [-0.4, -0.2) is 88.6 Å². The summed E-state index contributed by atoms with van der Waals surface area (Å²) in [5.41, 5.74) is -16.2. The molecule has 0 saturated heterocycles. The van der Waals surface area contributed by atoms with Crippen LogP contribution in [0.15, 0.2) is 24.3 Å². The fourth-order valence-electron chi connectivity index (χ4n) is 3.50. The molecule has 1 aromatic rings. The van der Waals surface area contributed by atoms with Gasteiger partial charge in [-0.1, -0.05) is 0 Å². The molecule has 1 aromatic carbocycles. The predicted molar refractivity (Wildman–Crippen MR) is 102 cm³/mol. The second-order valence-electron chi connectivity index (χ2n) is 7.25. The summed E-state index contributed by atoms with van der Waals surface area (Å²) in [6.07, 6.45) is 0. The Hall–Kier alpha value is -2.83. The summed E-state index contributed by atoms with van der Waals surface area (Å²) < 4.78 is 0. The maximum absolute atomic E-state index is 13.1. The fraction of sp³-hybridized carbons (Fsp3) is 0.450. The van der Waals surface area contributed by atoms with Crippen molar-refractivity contribution in [3.05, 3.63) is 29.8 Å². The van der Waals surface area contributed by atoms with E-state index in [0.717, 1.165) is 24.3 Å². The lowest BCUT2D eigenvalue weighted by Gasteiger charge is -2.52. The summed E-state index contributed by atoms with van der Waals surface area (Å²) in [6.45, 7) is 0.417. The molecule has 0 aliphatic carbocycles. The van der Waals surface area contributed by atoms with Crippen LogP contribution in [0.1, 0.15) is 38.1 Å². The third-order valence-corrected chi connectivity index (χ3v) is 5.44. The van der Waals surface area contributed by atoms with E-state index in [2.05, 4.69) is 0 Å². The van der Waals surface area contributed by atoms with Gasteiger partial charge in [-0.3, -0.25) is 24.0 Å². The molecule has 0 bridgehead atoms. The summed E-state index contributed by atoms with van der Waals surface area (Å²) in [6, 6.07) is 3.75. The van der Waals surface area contributed by atoms with Crippen LogP contribution < -0.4 is 0 Å². The number of phenolic OH excluding ortho intramolecular Hbond substituents is 1. The summed E-state index contributed by atoms with van der Waals surface area (Å²) >= 11 is 0. The van der Waals surface area contributed by atoms with Gasteiger partial charge in [-0.05, 0) is 52.0 Å². The van der Waals surface area contributed by atoms with Gasteiger partial charge in [0.05, 0.1) is 6.61 Å². The average Bonchev–Trinajstić information content (AvgIpc) is 2.70. The molecule has 0 fully saturated rings. The van der Waals surface area contributed by atoms with Crippen molar-refractivity contribution in [1.29, 1.82) is 0 Å². The number of Topliss-reactive ketones (excluding diaryl/α,β-unsaturated/α-hetero) is 5. The van der Waals surface area contributed by atoms with Crippen molar-refractivity contribution in [3.63, 3.8) is 0 Å². The lowest BCUT2D eigenvalue weighted by atomic mass is 9.57. The highest BCUT2D eigenvalue weighted by Crippen LogP contribution is 2.44. The van der Waals surface area contributed by atoms with Crippen molar-refractivity contribution in [3.8, 4) is 5.75 Å². The number of aliphatic hydroxyl groups is 5. The minimum atomic E-state index is -4.13. The molecule has 0 saturated carbocycles. The zero-order valence-electron chi connectivity index (χ0n) is 17.2. The van der Waals surface area contributed by atoms with Crippen LogP contribution in [0.2, 0.25) is 0 Å². The van der Waals surface area contributed by atoms with Gasteiger partial charge in [-0.25, -0.2) is 0 Å². The van der Waals surface area contributed by atoms with E-state index in [1.54, 1.807) is 0 Å². The molecule has 0 aliphatic heterocycles. The minimum absolute atomic E-state index is 0.323. The van der Waals surface area contributed by atoms with Crippen LogP contribution in [-0.2, 0) is 19.2 Å². The van der Waals surface area contributed by atoms with Gasteiger partial charge in [-0.2, -0.15) is 0 Å². The molecule has 0 spiro atoms. The number of carbonyl (C=O) groups excluding carboxylic acids is 5. The predicted octanol–water partition coefficient (Wildman–Crippen LogP) is -2.15. The molecule has 0 radical (unpaired) electrons. The number of phenols is 1. The van der Waals surface area contributed by atoms with Gasteiger partial charge in [0.2, 0.25) is 22.6 Å². The van der Waals surface area contributed by atoms with Crippen LogP contribution in [0, 0.1) is 0 Å². The van der Waals surface area contributed by atoms with E-state index in [-0.39, 0.29) is 5.75 Å². The molecular weight excluding hydrogens is 416 g/mol. The van der Waals surface area contributed by atoms with Gasteiger partial charge in [-0.15, -0.1) is 0 Å². The smallest absolute Gasteiger partial charge is 0.225 e. The van der Waals surface area contributed by atoms with Crippen molar-refractivity contribution < 1.29 is 54.6 Å². The summed E-state index contributed by atoms with van der Waals surface area (Å²) in [5, 5.41) is 63.2. The van der Waals surface area contributed by atoms with E-state index >= 15 is 0 Å². The molecule has 11 heteroatoms. The third-order valence-electron chi connectivity index (χ3n) is 5.44. The molecule has 0 amide bonds. The van der Waals surface area contributed by atoms with Gasteiger partial charge < -0.3 is 30.6 Å². The first kappa shape index (κ1) is 26.2. The molecule has 0 heterocycles. The number of benzene rings is 1. The molecule has 0 aliphatic rings. The number of carbonyl (C=O) groups is 5. The van der Waals surface area contributed by atoms with E-state index < -0.39 is 63.5 Å². The molecule has 11 nitrogen and oxygen atoms in total. The van der Waals surface area contributed by atoms with Crippen LogP contribution >= 0.6 is 0 Å². The van der Waals surface area contributed by atoms with E-state index in [1.165, 1.54) is 0 Å². The summed E-state index contributed by atoms with van der Waals surface area (Å²) in [7, 11) is 0. The molecule has 4 atom stereocenters. The maximum Gasteiger partial charge on any atom is 0.225 e. The third kappa shape index (κ3) is 3.40. The van der Waals surface area contributed by atoms with E-state index in [1.807, 2.05) is 0 Å². The van der Waals surface area contributed by atoms with Crippen molar-refractivity contribution in [2.75, 3.05) is 6.61 Å². The SMILES string of the molecule is CC(=O)[C@@](O)(C(=O)c1ccc(O)cc1)[C@](O)(C(C)=O)[C@@](O)(C(C)=O)[C@](O)(CO)C(C)=O. The Balaban J connectivity index is 4.14. The topological polar surface area (TPSA) is 207 Å². The Kier molecular flexibility index (Phi) is 7.07. The number of aliphatic hydroxyl groups excluding tert-OH is 1. The van der Waals surface area contributed by atoms with Crippen LogP contribution in [0.25, 0.3) is 0 Å². The molecule has 31 heavy (non-hydrogen) atoms. The molecule has 0 aromatic heterocycles. The van der Waals surface area contributed by atoms with Gasteiger partial charge >= 0.3 is 0 Å². The molecule has 1 rings (SSSR count). The monoisotopic (exact) mass is 440 g/mol. The Morgan fingerprint density at radius 3 is 1.42 bits per heavy atom. The van der Waals surface area contributed by atoms with Crippen LogP contribution in [0.4, 0.5) is 0 Å². The van der Waals surface area contributed by atoms with Crippen molar-refractivity contribution in [2.24, 2.45) is 0 Å². The highest BCUT2D eigenvalue weighted by atomic mass is 16.4. The second kappa shape index (κ2) is 8.36. The fourth-order valence-corrected chi connectivity index (χ4v) is 3.50. The molecule has 6 N–H and O–H groups in total. The first-order valence-electron chi connectivity index (χ1n) is 8.88. The molecule has 0 unspecified atom stereocenters. The number of hydrogen-bond acceptors (Lipinski definition) is 11. The van der Waals surface area contributed by atoms with Gasteiger partial charge in [0.25, 0.3) is 0 Å². The Labute approximate surface area is 176 Å². The normalized spacial score (nSPS) is 19.1. The lowest BCUT2D eigenvalue weighted by Crippen LogP contribution is -2.85. The second-order valence-corrected chi connectivity index (χ2v) is 7.25. The van der Waals surface area contributed by atoms with Crippen molar-refractivity contribution >= 4 is 28.9 Å². The standard InChI is InChI=1S/C20H24O11/c1-10(22)17(28,9-21)19(30,12(3)24)20(31,13(4)25)18(29,11(2)23)16(27)14-5-7-15(26)8-6-14/h5-8,21,26,28-31H,9H2,1-4H3/t17-,18+,19+,20+/m0/s1. The Morgan fingerprint density at radius 2 is 1.13 bits per heavy atom. The highest BCUT2D eigenvalue weighted by Gasteiger charge is 2.78. The highest BCUT2D eigenvalue weighted by molar-refractivity contribution is 6.23. The van der Waals surface area contributed by atoms with Gasteiger partial charge in [0.15, 0.2) is 28.7 Å². The van der Waals surface area contributed by atoms with Gasteiger partial charge in [0, 0.05) is 5.56 Å². The number of ketones is 5. The van der Waals surface area contributed by atoms with Crippen molar-refractivity contribution in [1.82, 2.24) is 0 Å². The van der Waals surface area contributed by atoms with E-state index in [4.69, 9.17) is 0 Å². The number of hydrogen-bond donors (Lipinski definition) is 6. The van der Waals surface area contributed by atoms with Crippen LogP contribution in [0.3, 0.4) is 0 Å². The van der Waals surface area contributed by atoms with Gasteiger partial charge in [0.1, 0.15) is 5.75 Å². The van der Waals surface area contributed by atoms with Crippen molar-refractivity contribution in [2.45, 2.75) is 50.1 Å². The summed E-state index contributed by atoms with van der Waals surface area (Å²) in [4.78, 5) is 62.7. The zero-order valence-corrected chi connectivity index (χ0v) is 17.2.